The van der Waals surface area contributed by atoms with Crippen LogP contribution in [0.5, 0.6) is 0 Å². The maximum Gasteiger partial charge on any atom is 0.305 e. The third-order valence-electron chi connectivity index (χ3n) is 1.27. The molecule has 0 aliphatic rings. The Morgan fingerprint density at radius 3 is 2.73 bits per heavy atom. The minimum absolute atomic E-state index is 0.0872. The summed E-state index contributed by atoms with van der Waals surface area (Å²) in [6, 6.07) is 0.0872. The number of esters is 1. The van der Waals surface area contributed by atoms with Crippen LogP contribution in [0.2, 0.25) is 0 Å². The summed E-state index contributed by atoms with van der Waals surface area (Å²) in [4.78, 5) is 10.8. The van der Waals surface area contributed by atoms with Crippen LogP contribution in [-0.2, 0) is 9.53 Å². The molecule has 1 atom stereocenters. The van der Waals surface area contributed by atoms with Gasteiger partial charge in [0.25, 0.3) is 0 Å². The van der Waals surface area contributed by atoms with E-state index in [1.54, 1.807) is 0 Å². The van der Waals surface area contributed by atoms with Crippen LogP contribution in [0.25, 0.3) is 0 Å². The first-order valence-corrected chi connectivity index (χ1v) is 4.08. The topological polar surface area (TPSA) is 52.3 Å². The van der Waals surface area contributed by atoms with E-state index in [1.807, 2.05) is 13.8 Å². The van der Waals surface area contributed by atoms with E-state index in [-0.39, 0.29) is 12.0 Å². The molecular weight excluding hydrogens is 142 g/mol. The normalized spacial score (nSPS) is 12.6. The number of carbonyl (C=O) groups excluding carboxylic acids is 1. The van der Waals surface area contributed by atoms with Crippen LogP contribution in [0.1, 0.15) is 33.1 Å². The van der Waals surface area contributed by atoms with Gasteiger partial charge in [0.1, 0.15) is 0 Å². The summed E-state index contributed by atoms with van der Waals surface area (Å²) >= 11 is 0. The second-order valence-corrected chi connectivity index (χ2v) is 2.74. The van der Waals surface area contributed by atoms with Gasteiger partial charge in [0.15, 0.2) is 0 Å². The van der Waals surface area contributed by atoms with Gasteiger partial charge in [-0.15, -0.1) is 0 Å². The molecule has 0 radical (unpaired) electrons. The van der Waals surface area contributed by atoms with Crippen molar-refractivity contribution in [3.63, 3.8) is 0 Å². The van der Waals surface area contributed by atoms with Gasteiger partial charge in [0.2, 0.25) is 0 Å². The van der Waals surface area contributed by atoms with Crippen LogP contribution < -0.4 is 5.73 Å². The fourth-order valence-electron chi connectivity index (χ4n) is 0.634. The average Bonchev–Trinajstić information content (AvgIpc) is 1.97. The Bertz CT molecular complexity index is 113. The lowest BCUT2D eigenvalue weighted by atomic mass is 10.2. The van der Waals surface area contributed by atoms with Gasteiger partial charge in [0.05, 0.1) is 6.61 Å². The number of carbonyl (C=O) groups is 1. The van der Waals surface area contributed by atoms with Gasteiger partial charge in [-0.2, -0.15) is 0 Å². The zero-order valence-electron chi connectivity index (χ0n) is 7.30. The van der Waals surface area contributed by atoms with Gasteiger partial charge in [-0.25, -0.2) is 0 Å². The highest BCUT2D eigenvalue weighted by molar-refractivity contribution is 5.69. The van der Waals surface area contributed by atoms with Crippen molar-refractivity contribution in [3.05, 3.63) is 0 Å². The zero-order valence-corrected chi connectivity index (χ0v) is 7.30. The van der Waals surface area contributed by atoms with Crippen molar-refractivity contribution in [2.75, 3.05) is 6.61 Å². The highest BCUT2D eigenvalue weighted by Gasteiger charge is 2.03. The first kappa shape index (κ1) is 10.4. The van der Waals surface area contributed by atoms with Crippen LogP contribution in [-0.4, -0.2) is 18.6 Å². The highest BCUT2D eigenvalue weighted by atomic mass is 16.5. The van der Waals surface area contributed by atoms with Crippen LogP contribution >= 0.6 is 0 Å². The van der Waals surface area contributed by atoms with Crippen molar-refractivity contribution >= 4 is 5.97 Å². The van der Waals surface area contributed by atoms with Crippen molar-refractivity contribution in [3.8, 4) is 0 Å². The Morgan fingerprint density at radius 1 is 1.64 bits per heavy atom. The molecule has 0 aromatic rings. The molecule has 0 rings (SSSR count). The van der Waals surface area contributed by atoms with Crippen molar-refractivity contribution < 1.29 is 9.53 Å². The van der Waals surface area contributed by atoms with Gasteiger partial charge in [-0.3, -0.25) is 4.79 Å². The van der Waals surface area contributed by atoms with E-state index >= 15 is 0 Å². The molecule has 0 fully saturated rings. The van der Waals surface area contributed by atoms with Gasteiger partial charge in [0, 0.05) is 12.5 Å². The van der Waals surface area contributed by atoms with Crippen LogP contribution in [0.3, 0.4) is 0 Å². The average molecular weight is 159 g/mol. The summed E-state index contributed by atoms with van der Waals surface area (Å²) in [6.45, 7) is 4.38. The monoisotopic (exact) mass is 159 g/mol. The third-order valence-corrected chi connectivity index (χ3v) is 1.27. The maximum absolute atomic E-state index is 10.8. The van der Waals surface area contributed by atoms with E-state index in [0.717, 1.165) is 6.42 Å². The molecule has 1 unspecified atom stereocenters. The van der Waals surface area contributed by atoms with Crippen LogP contribution in [0, 0.1) is 0 Å². The number of rotatable bonds is 5. The molecule has 2 N–H and O–H groups in total. The Kier molecular flexibility index (Phi) is 5.84. The number of hydrogen-bond donors (Lipinski definition) is 1. The van der Waals surface area contributed by atoms with E-state index < -0.39 is 0 Å². The molecule has 0 heterocycles. The van der Waals surface area contributed by atoms with Gasteiger partial charge >= 0.3 is 5.97 Å². The summed E-state index contributed by atoms with van der Waals surface area (Å²) in [6.07, 6.45) is 2.03. The first-order chi connectivity index (χ1) is 5.16. The van der Waals surface area contributed by atoms with Crippen LogP contribution in [0.4, 0.5) is 0 Å². The summed E-state index contributed by atoms with van der Waals surface area (Å²) in [5.41, 5.74) is 5.46. The lowest BCUT2D eigenvalue weighted by Crippen LogP contribution is -2.17. The zero-order chi connectivity index (χ0) is 8.69. The molecule has 0 saturated carbocycles. The second kappa shape index (κ2) is 6.16. The Balaban J connectivity index is 3.23. The number of nitrogens with two attached hydrogens (primary N) is 1. The molecule has 3 nitrogen and oxygen atoms in total. The molecule has 66 valence electrons. The Hall–Kier alpha value is -0.570. The molecule has 11 heavy (non-hydrogen) atoms. The third kappa shape index (κ3) is 7.33. The second-order valence-electron chi connectivity index (χ2n) is 2.74. The fourth-order valence-corrected chi connectivity index (χ4v) is 0.634. The van der Waals surface area contributed by atoms with Gasteiger partial charge in [-0.05, 0) is 19.8 Å². The van der Waals surface area contributed by atoms with Crippen molar-refractivity contribution in [1.82, 2.24) is 0 Å². The summed E-state index contributed by atoms with van der Waals surface area (Å²) < 4.78 is 4.85. The molecule has 0 aliphatic carbocycles. The highest BCUT2D eigenvalue weighted by Crippen LogP contribution is 1.96. The smallest absolute Gasteiger partial charge is 0.305 e. The van der Waals surface area contributed by atoms with Crippen LogP contribution in [0.15, 0.2) is 0 Å². The quantitative estimate of drug-likeness (QED) is 0.610. The Labute approximate surface area is 67.9 Å². The molecule has 0 spiro atoms. The number of hydrogen-bond acceptors (Lipinski definition) is 3. The van der Waals surface area contributed by atoms with Gasteiger partial charge in [-0.1, -0.05) is 6.92 Å². The first-order valence-electron chi connectivity index (χ1n) is 4.08. The standard InChI is InChI=1S/C8H17NO2/c1-3-6-11-8(10)5-4-7(2)9/h7H,3-6,9H2,1-2H3. The molecule has 0 aromatic heterocycles. The van der Waals surface area contributed by atoms with E-state index in [4.69, 9.17) is 10.5 Å². The molecular formula is C8H17NO2. The molecule has 0 aliphatic heterocycles. The largest absolute Gasteiger partial charge is 0.466 e. The van der Waals surface area contributed by atoms with Gasteiger partial charge < -0.3 is 10.5 Å². The summed E-state index contributed by atoms with van der Waals surface area (Å²) in [5.74, 6) is -0.135. The lowest BCUT2D eigenvalue weighted by molar-refractivity contribution is -0.143. The predicted octanol–water partition coefficient (Wildman–Crippen LogP) is 1.07. The summed E-state index contributed by atoms with van der Waals surface area (Å²) in [7, 11) is 0. The van der Waals surface area contributed by atoms with E-state index in [2.05, 4.69) is 0 Å². The number of ether oxygens (including phenoxy) is 1. The SMILES string of the molecule is CCCOC(=O)CCC(C)N. The van der Waals surface area contributed by atoms with E-state index in [0.29, 0.717) is 19.4 Å². The molecule has 0 amide bonds. The maximum atomic E-state index is 10.8. The molecule has 3 heteroatoms. The van der Waals surface area contributed by atoms with E-state index in [9.17, 15) is 4.79 Å². The lowest BCUT2D eigenvalue weighted by Gasteiger charge is -2.04. The Morgan fingerprint density at radius 2 is 2.27 bits per heavy atom. The predicted molar refractivity (Wildman–Crippen MR) is 44.1 cm³/mol. The van der Waals surface area contributed by atoms with E-state index in [1.165, 1.54) is 0 Å². The van der Waals surface area contributed by atoms with Crippen molar-refractivity contribution in [2.45, 2.75) is 39.2 Å². The minimum atomic E-state index is -0.135. The molecule has 0 saturated heterocycles. The van der Waals surface area contributed by atoms with Crippen molar-refractivity contribution in [1.29, 1.82) is 0 Å². The molecule has 0 bridgehead atoms. The van der Waals surface area contributed by atoms with Crippen molar-refractivity contribution in [2.24, 2.45) is 5.73 Å². The molecule has 0 aromatic carbocycles. The minimum Gasteiger partial charge on any atom is -0.466 e. The summed E-state index contributed by atoms with van der Waals surface area (Å²) in [5, 5.41) is 0. The fraction of sp³-hybridized carbons (Fsp3) is 0.875.